The Morgan fingerprint density at radius 1 is 1.23 bits per heavy atom. The quantitative estimate of drug-likeness (QED) is 0.783. The molecule has 0 N–H and O–H groups in total. The molecule has 2 atom stereocenters. The number of Topliss-reactive ketones (excluding diaryl/α,β-unsaturated/α-hetero) is 1. The largest absolute Gasteiger partial charge is 0.298 e. The second-order valence-electron chi connectivity index (χ2n) is 2.68. The van der Waals surface area contributed by atoms with Crippen molar-refractivity contribution in [3.8, 4) is 0 Å². The first-order valence-corrected chi connectivity index (χ1v) is 5.65. The lowest BCUT2D eigenvalue weighted by molar-refractivity contribution is -0.114. The van der Waals surface area contributed by atoms with Crippen molar-refractivity contribution in [3.63, 3.8) is 0 Å². The molecule has 1 rings (SSSR count). The Kier molecular flexibility index (Phi) is 4.13. The van der Waals surface area contributed by atoms with Crippen LogP contribution in [0.25, 0.3) is 0 Å². The van der Waals surface area contributed by atoms with Crippen molar-refractivity contribution in [2.24, 2.45) is 0 Å². The van der Waals surface area contributed by atoms with Gasteiger partial charge in [-0.3, -0.25) is 4.79 Å². The van der Waals surface area contributed by atoms with E-state index in [4.69, 9.17) is 0 Å². The highest BCUT2D eigenvalue weighted by molar-refractivity contribution is 9.12. The average Bonchev–Trinajstić information content (AvgIpc) is 2.17. The highest BCUT2D eigenvalue weighted by atomic mass is 79.9. The lowest BCUT2D eigenvalue weighted by atomic mass is 10.1. The fourth-order valence-corrected chi connectivity index (χ4v) is 1.87. The molecule has 1 radical (unpaired) electrons. The smallest absolute Gasteiger partial charge is 0.148 e. The number of hydrogen-bond donors (Lipinski definition) is 0. The molecule has 0 aromatic heterocycles. The van der Waals surface area contributed by atoms with Crippen LogP contribution < -0.4 is 0 Å². The molecule has 1 aromatic carbocycles. The number of ketones is 1. The van der Waals surface area contributed by atoms with Crippen LogP contribution in [-0.4, -0.2) is 10.6 Å². The minimum atomic E-state index is -0.269. The third kappa shape index (κ3) is 2.92. The summed E-state index contributed by atoms with van der Waals surface area (Å²) in [4.78, 5) is 10.7. The molecule has 0 amide bonds. The van der Waals surface area contributed by atoms with Crippen LogP contribution in [0.4, 0.5) is 0 Å². The summed E-state index contributed by atoms with van der Waals surface area (Å²) in [5, 5.41) is 0. The Labute approximate surface area is 94.8 Å². The summed E-state index contributed by atoms with van der Waals surface area (Å²) in [5.74, 6) is -0.120. The lowest BCUT2D eigenvalue weighted by Gasteiger charge is -2.13. The molecule has 3 heteroatoms. The van der Waals surface area contributed by atoms with E-state index in [-0.39, 0.29) is 15.4 Å². The predicted octanol–water partition coefficient (Wildman–Crippen LogP) is 3.29. The molecule has 0 aliphatic carbocycles. The number of halogens is 2. The second kappa shape index (κ2) is 4.91. The van der Waals surface area contributed by atoms with Crippen LogP contribution in [-0.2, 0) is 4.79 Å². The highest BCUT2D eigenvalue weighted by Crippen LogP contribution is 2.31. The maximum absolute atomic E-state index is 11.0. The normalized spacial score (nSPS) is 15.0. The molecule has 1 aromatic rings. The molecule has 0 saturated heterocycles. The third-order valence-electron chi connectivity index (χ3n) is 1.68. The van der Waals surface area contributed by atoms with Gasteiger partial charge in [0, 0.05) is 6.92 Å². The van der Waals surface area contributed by atoms with Crippen LogP contribution in [0, 0.1) is 6.92 Å². The number of benzene rings is 1. The minimum Gasteiger partial charge on any atom is -0.298 e. The van der Waals surface area contributed by atoms with Gasteiger partial charge in [0.1, 0.15) is 5.78 Å². The van der Waals surface area contributed by atoms with E-state index in [9.17, 15) is 4.79 Å². The van der Waals surface area contributed by atoms with E-state index in [2.05, 4.69) is 38.8 Å². The molecule has 2 unspecified atom stereocenters. The summed E-state index contributed by atoms with van der Waals surface area (Å²) in [5.41, 5.74) is 1.07. The Balaban J connectivity index is 2.79. The Bertz CT molecular complexity index is 284. The zero-order valence-electron chi connectivity index (χ0n) is 6.91. The fraction of sp³-hybridized carbons (Fsp3) is 0.200. The van der Waals surface area contributed by atoms with Crippen LogP contribution >= 0.6 is 31.9 Å². The Morgan fingerprint density at radius 3 is 2.23 bits per heavy atom. The van der Waals surface area contributed by atoms with Gasteiger partial charge in [-0.15, -0.1) is 0 Å². The third-order valence-corrected chi connectivity index (χ3v) is 4.49. The minimum absolute atomic E-state index is 0.0151. The molecule has 0 bridgehead atoms. The van der Waals surface area contributed by atoms with Gasteiger partial charge >= 0.3 is 0 Å². The summed E-state index contributed by atoms with van der Waals surface area (Å²) in [7, 11) is 0. The van der Waals surface area contributed by atoms with Crippen LogP contribution in [0.2, 0.25) is 0 Å². The first-order chi connectivity index (χ1) is 6.13. The molecule has 0 aliphatic rings. The lowest BCUT2D eigenvalue weighted by Crippen LogP contribution is -2.15. The number of hydrogen-bond acceptors (Lipinski definition) is 1. The summed E-state index contributed by atoms with van der Waals surface area (Å²) in [6.07, 6.45) is 0. The number of carbonyl (C=O) groups is 1. The molecule has 0 heterocycles. The molecule has 0 saturated carbocycles. The van der Waals surface area contributed by atoms with Crippen molar-refractivity contribution in [2.45, 2.75) is 9.65 Å². The molecule has 0 spiro atoms. The van der Waals surface area contributed by atoms with Crippen LogP contribution in [0.5, 0.6) is 0 Å². The van der Waals surface area contributed by atoms with E-state index >= 15 is 0 Å². The Morgan fingerprint density at radius 2 is 1.77 bits per heavy atom. The van der Waals surface area contributed by atoms with Gasteiger partial charge in [-0.05, 0) is 5.56 Å². The van der Waals surface area contributed by atoms with E-state index in [1.807, 2.05) is 30.3 Å². The van der Waals surface area contributed by atoms with Crippen LogP contribution in [0.15, 0.2) is 30.3 Å². The van der Waals surface area contributed by atoms with Gasteiger partial charge in [0.25, 0.3) is 0 Å². The van der Waals surface area contributed by atoms with Crippen molar-refractivity contribution < 1.29 is 4.79 Å². The van der Waals surface area contributed by atoms with Gasteiger partial charge in [0.2, 0.25) is 0 Å². The summed E-state index contributed by atoms with van der Waals surface area (Å²) >= 11 is 6.73. The van der Waals surface area contributed by atoms with E-state index in [0.29, 0.717) is 0 Å². The summed E-state index contributed by atoms with van der Waals surface area (Å²) in [6, 6.07) is 9.76. The number of carbonyl (C=O) groups excluding carboxylic acids is 1. The molecule has 69 valence electrons. The molecular weight excluding hydrogens is 296 g/mol. The maximum Gasteiger partial charge on any atom is 0.148 e. The second-order valence-corrected chi connectivity index (χ2v) is 4.65. The van der Waals surface area contributed by atoms with Crippen LogP contribution in [0.3, 0.4) is 0 Å². The van der Waals surface area contributed by atoms with Gasteiger partial charge in [-0.1, -0.05) is 62.2 Å². The van der Waals surface area contributed by atoms with E-state index in [0.717, 1.165) is 5.56 Å². The molecule has 13 heavy (non-hydrogen) atoms. The van der Waals surface area contributed by atoms with Gasteiger partial charge in [0.05, 0.1) is 9.65 Å². The molecule has 0 aliphatic heterocycles. The van der Waals surface area contributed by atoms with Crippen molar-refractivity contribution >= 4 is 37.6 Å². The van der Waals surface area contributed by atoms with Crippen molar-refractivity contribution in [1.82, 2.24) is 0 Å². The highest BCUT2D eigenvalue weighted by Gasteiger charge is 2.21. The maximum atomic E-state index is 11.0. The van der Waals surface area contributed by atoms with Crippen molar-refractivity contribution in [1.29, 1.82) is 0 Å². The topological polar surface area (TPSA) is 17.1 Å². The molecule has 1 nitrogen and oxygen atoms in total. The molecular formula is C10H9Br2O. The van der Waals surface area contributed by atoms with Crippen molar-refractivity contribution in [2.75, 3.05) is 0 Å². The predicted molar refractivity (Wildman–Crippen MR) is 61.2 cm³/mol. The monoisotopic (exact) mass is 303 g/mol. The zero-order chi connectivity index (χ0) is 9.84. The standard InChI is InChI=1S/C10H9Br2O/c1-7(13)9(11)10(12)8-5-3-2-4-6-8/h2-6,9-10H,1H2. The van der Waals surface area contributed by atoms with Gasteiger partial charge in [0.15, 0.2) is 0 Å². The number of rotatable bonds is 3. The van der Waals surface area contributed by atoms with Gasteiger partial charge in [-0.2, -0.15) is 0 Å². The van der Waals surface area contributed by atoms with Crippen LogP contribution in [0.1, 0.15) is 10.4 Å². The first-order valence-electron chi connectivity index (χ1n) is 3.82. The van der Waals surface area contributed by atoms with Gasteiger partial charge < -0.3 is 0 Å². The zero-order valence-corrected chi connectivity index (χ0v) is 10.1. The average molecular weight is 305 g/mol. The van der Waals surface area contributed by atoms with Crippen molar-refractivity contribution in [3.05, 3.63) is 42.8 Å². The van der Waals surface area contributed by atoms with E-state index in [1.165, 1.54) is 0 Å². The number of alkyl halides is 2. The van der Waals surface area contributed by atoms with E-state index < -0.39 is 0 Å². The fourth-order valence-electron chi connectivity index (χ4n) is 0.969. The summed E-state index contributed by atoms with van der Waals surface area (Å²) in [6.45, 7) is 3.37. The van der Waals surface area contributed by atoms with E-state index in [1.54, 1.807) is 0 Å². The Hall–Kier alpha value is -0.150. The van der Waals surface area contributed by atoms with Gasteiger partial charge in [-0.25, -0.2) is 0 Å². The SMILES string of the molecule is [CH2]C(=O)C(Br)C(Br)c1ccccc1. The molecule has 0 fully saturated rings. The summed E-state index contributed by atoms with van der Waals surface area (Å²) < 4.78 is 0. The first kappa shape index (κ1) is 10.9.